The van der Waals surface area contributed by atoms with Gasteiger partial charge in [-0.2, -0.15) is 0 Å². The third-order valence-electron chi connectivity index (χ3n) is 3.52. The first-order valence-corrected chi connectivity index (χ1v) is 6.38. The number of aromatic amines is 1. The van der Waals surface area contributed by atoms with Crippen LogP contribution in [0.5, 0.6) is 0 Å². The van der Waals surface area contributed by atoms with Crippen molar-refractivity contribution in [2.75, 3.05) is 0 Å². The fourth-order valence-electron chi connectivity index (χ4n) is 2.85. The van der Waals surface area contributed by atoms with Crippen molar-refractivity contribution >= 4 is 16.6 Å². The molecule has 88 valence electrons. The van der Waals surface area contributed by atoms with Gasteiger partial charge in [0.25, 0.3) is 0 Å². The fourth-order valence-corrected chi connectivity index (χ4v) is 2.85. The number of allylic oxidation sites excluding steroid dienone is 2. The maximum atomic E-state index is 4.68. The Kier molecular flexibility index (Phi) is 2.50. The van der Waals surface area contributed by atoms with E-state index in [1.165, 1.54) is 12.0 Å². The molecule has 1 N–H and O–H groups in total. The molecule has 2 aromatic rings. The highest BCUT2D eigenvalue weighted by Gasteiger charge is 2.19. The third-order valence-corrected chi connectivity index (χ3v) is 3.52. The van der Waals surface area contributed by atoms with Crippen LogP contribution in [0.1, 0.15) is 32.5 Å². The van der Waals surface area contributed by atoms with Gasteiger partial charge in [-0.15, -0.1) is 0 Å². The molecule has 1 aromatic carbocycles. The van der Waals surface area contributed by atoms with Crippen molar-refractivity contribution in [1.29, 1.82) is 0 Å². The molecule has 1 aromatic heterocycles. The summed E-state index contributed by atoms with van der Waals surface area (Å²) in [6.45, 7) is 4.62. The predicted octanol–water partition coefficient (Wildman–Crippen LogP) is 4.01. The lowest BCUT2D eigenvalue weighted by Crippen LogP contribution is -2.09. The molecular weight excluding hydrogens is 208 g/mol. The highest BCUT2D eigenvalue weighted by Crippen LogP contribution is 2.32. The molecule has 0 saturated carbocycles. The number of H-pyrrole nitrogens is 1. The molecule has 0 amide bonds. The Morgan fingerprint density at radius 1 is 1.24 bits per heavy atom. The highest BCUT2D eigenvalue weighted by atomic mass is 14.9. The van der Waals surface area contributed by atoms with Crippen molar-refractivity contribution in [3.8, 4) is 0 Å². The number of hydrogen-bond donors (Lipinski definition) is 1. The molecule has 1 aliphatic rings. The monoisotopic (exact) mass is 226 g/mol. The van der Waals surface area contributed by atoms with E-state index in [0.717, 1.165) is 29.2 Å². The van der Waals surface area contributed by atoms with E-state index in [2.05, 4.69) is 42.0 Å². The zero-order chi connectivity index (χ0) is 11.8. The number of aromatic nitrogens is 2. The van der Waals surface area contributed by atoms with Crippen LogP contribution in [0.4, 0.5) is 0 Å². The topological polar surface area (TPSA) is 28.7 Å². The van der Waals surface area contributed by atoms with Crippen molar-refractivity contribution in [2.24, 2.45) is 11.8 Å². The van der Waals surface area contributed by atoms with E-state index in [1.54, 1.807) is 0 Å². The standard InChI is InChI=1S/C15H18N2/c1-10-7-11(2)9-12(8-10)15-16-13-5-3-4-6-14(13)17-15/h3-6,8,10-11H,7,9H2,1-2H3,(H,16,17)/t10?,11-/m0/s1. The smallest absolute Gasteiger partial charge is 0.134 e. The van der Waals surface area contributed by atoms with Crippen LogP contribution in [-0.2, 0) is 0 Å². The first kappa shape index (κ1) is 10.6. The Hall–Kier alpha value is -1.57. The van der Waals surface area contributed by atoms with E-state index in [1.807, 2.05) is 12.1 Å². The average molecular weight is 226 g/mol. The molecule has 0 bridgehead atoms. The van der Waals surface area contributed by atoms with E-state index in [0.29, 0.717) is 5.92 Å². The van der Waals surface area contributed by atoms with Gasteiger partial charge in [-0.1, -0.05) is 32.1 Å². The van der Waals surface area contributed by atoms with Gasteiger partial charge in [0.05, 0.1) is 11.0 Å². The second-order valence-corrected chi connectivity index (χ2v) is 5.32. The highest BCUT2D eigenvalue weighted by molar-refractivity contribution is 5.78. The van der Waals surface area contributed by atoms with Crippen molar-refractivity contribution in [3.63, 3.8) is 0 Å². The molecule has 17 heavy (non-hydrogen) atoms. The molecule has 1 heterocycles. The number of rotatable bonds is 1. The van der Waals surface area contributed by atoms with Crippen molar-refractivity contribution in [1.82, 2.24) is 9.97 Å². The molecule has 3 rings (SSSR count). The lowest BCUT2D eigenvalue weighted by atomic mass is 9.84. The predicted molar refractivity (Wildman–Crippen MR) is 71.6 cm³/mol. The normalized spacial score (nSPS) is 24.9. The summed E-state index contributed by atoms with van der Waals surface area (Å²) in [5.41, 5.74) is 3.58. The Bertz CT molecular complexity index is 532. The first-order valence-electron chi connectivity index (χ1n) is 6.38. The van der Waals surface area contributed by atoms with Crippen molar-refractivity contribution in [3.05, 3.63) is 36.2 Å². The molecule has 0 saturated heterocycles. The fraction of sp³-hybridized carbons (Fsp3) is 0.400. The summed E-state index contributed by atoms with van der Waals surface area (Å²) in [6.07, 6.45) is 4.81. The number of para-hydroxylation sites is 2. The summed E-state index contributed by atoms with van der Waals surface area (Å²) in [4.78, 5) is 8.11. The molecule has 2 atom stereocenters. The first-order chi connectivity index (χ1) is 8.22. The minimum Gasteiger partial charge on any atom is -0.338 e. The van der Waals surface area contributed by atoms with Crippen LogP contribution in [0.2, 0.25) is 0 Å². The van der Waals surface area contributed by atoms with Crippen molar-refractivity contribution < 1.29 is 0 Å². The van der Waals surface area contributed by atoms with Crippen molar-refractivity contribution in [2.45, 2.75) is 26.7 Å². The van der Waals surface area contributed by atoms with Crippen LogP contribution >= 0.6 is 0 Å². The molecule has 0 radical (unpaired) electrons. The minimum absolute atomic E-state index is 0.668. The quantitative estimate of drug-likeness (QED) is 0.782. The summed E-state index contributed by atoms with van der Waals surface area (Å²) >= 11 is 0. The van der Waals surface area contributed by atoms with Gasteiger partial charge in [-0.25, -0.2) is 4.98 Å². The number of imidazole rings is 1. The second-order valence-electron chi connectivity index (χ2n) is 5.32. The zero-order valence-electron chi connectivity index (χ0n) is 10.4. The number of nitrogens with zero attached hydrogens (tertiary/aromatic N) is 1. The summed E-state index contributed by atoms with van der Waals surface area (Å²) in [7, 11) is 0. The molecule has 1 unspecified atom stereocenters. The Labute approximate surface area is 102 Å². The van der Waals surface area contributed by atoms with Crippen LogP contribution in [0.25, 0.3) is 16.6 Å². The van der Waals surface area contributed by atoms with E-state index in [4.69, 9.17) is 0 Å². The van der Waals surface area contributed by atoms with Crippen LogP contribution in [-0.4, -0.2) is 9.97 Å². The molecule has 2 heteroatoms. The molecule has 1 aliphatic carbocycles. The van der Waals surface area contributed by atoms with Gasteiger partial charge in [0, 0.05) is 0 Å². The Morgan fingerprint density at radius 2 is 2.06 bits per heavy atom. The summed E-state index contributed by atoms with van der Waals surface area (Å²) in [6, 6.07) is 8.23. The van der Waals surface area contributed by atoms with Gasteiger partial charge in [-0.3, -0.25) is 0 Å². The van der Waals surface area contributed by atoms with Gasteiger partial charge >= 0.3 is 0 Å². The minimum atomic E-state index is 0.668. The summed E-state index contributed by atoms with van der Waals surface area (Å²) in [5.74, 6) is 2.49. The van der Waals surface area contributed by atoms with Crippen LogP contribution in [0.3, 0.4) is 0 Å². The van der Waals surface area contributed by atoms with Crippen LogP contribution in [0.15, 0.2) is 30.3 Å². The average Bonchev–Trinajstić information content (AvgIpc) is 2.71. The molecule has 0 aliphatic heterocycles. The SMILES string of the molecule is CC1C=C(c2nc3ccccc3[nH]2)C[C@@H](C)C1. The van der Waals surface area contributed by atoms with Gasteiger partial charge in [0.2, 0.25) is 0 Å². The van der Waals surface area contributed by atoms with E-state index < -0.39 is 0 Å². The third kappa shape index (κ3) is 1.99. The van der Waals surface area contributed by atoms with Crippen LogP contribution in [0, 0.1) is 11.8 Å². The Morgan fingerprint density at radius 3 is 2.82 bits per heavy atom. The maximum Gasteiger partial charge on any atom is 0.134 e. The van der Waals surface area contributed by atoms with E-state index in [9.17, 15) is 0 Å². The van der Waals surface area contributed by atoms with Gasteiger partial charge in [0.1, 0.15) is 5.82 Å². The zero-order valence-corrected chi connectivity index (χ0v) is 10.4. The number of benzene rings is 1. The van der Waals surface area contributed by atoms with Gasteiger partial charge in [0.15, 0.2) is 0 Å². The summed E-state index contributed by atoms with van der Waals surface area (Å²) in [5, 5.41) is 0. The summed E-state index contributed by atoms with van der Waals surface area (Å²) < 4.78 is 0. The largest absolute Gasteiger partial charge is 0.338 e. The lowest BCUT2D eigenvalue weighted by molar-refractivity contribution is 0.456. The molecule has 0 fully saturated rings. The lowest BCUT2D eigenvalue weighted by Gasteiger charge is -2.22. The van der Waals surface area contributed by atoms with Gasteiger partial charge < -0.3 is 4.98 Å². The molecule has 2 nitrogen and oxygen atoms in total. The van der Waals surface area contributed by atoms with E-state index in [-0.39, 0.29) is 0 Å². The molecular formula is C15H18N2. The number of hydrogen-bond acceptors (Lipinski definition) is 1. The van der Waals surface area contributed by atoms with Gasteiger partial charge in [-0.05, 0) is 42.4 Å². The number of fused-ring (bicyclic) bond motifs is 1. The number of nitrogens with one attached hydrogen (secondary N) is 1. The Balaban J connectivity index is 2.03. The maximum absolute atomic E-state index is 4.68. The second kappa shape index (κ2) is 4.02. The molecule has 0 spiro atoms. The van der Waals surface area contributed by atoms with Crippen LogP contribution < -0.4 is 0 Å². The van der Waals surface area contributed by atoms with E-state index >= 15 is 0 Å².